The van der Waals surface area contributed by atoms with E-state index in [-0.39, 0.29) is 25.3 Å². The summed E-state index contributed by atoms with van der Waals surface area (Å²) in [4.78, 5) is 64.3. The fourth-order valence-electron chi connectivity index (χ4n) is 6.58. The minimum absolute atomic E-state index is 0.0523. The Balaban J connectivity index is 1.61. The molecule has 13 nitrogen and oxygen atoms in total. The van der Waals surface area contributed by atoms with Gasteiger partial charge in [-0.2, -0.15) is 0 Å². The van der Waals surface area contributed by atoms with Crippen LogP contribution in [-0.2, 0) is 33.7 Å². The summed E-state index contributed by atoms with van der Waals surface area (Å²) in [5.41, 5.74) is 3.61. The number of carbonyl (C=O) groups excluding carboxylic acids is 4. The van der Waals surface area contributed by atoms with Crippen molar-refractivity contribution in [2.45, 2.75) is 104 Å². The van der Waals surface area contributed by atoms with Gasteiger partial charge in [0.25, 0.3) is 0 Å². The number of rotatable bonds is 18. The van der Waals surface area contributed by atoms with Gasteiger partial charge in [0, 0.05) is 30.2 Å². The van der Waals surface area contributed by atoms with Gasteiger partial charge in [0.1, 0.15) is 12.1 Å². The molecule has 1 unspecified atom stereocenters. The normalized spacial score (nSPS) is 14.5. The number of methoxy groups -OCH3 is 1. The van der Waals surface area contributed by atoms with Crippen LogP contribution >= 0.6 is 11.3 Å². The van der Waals surface area contributed by atoms with Crippen molar-refractivity contribution in [3.63, 3.8) is 0 Å². The van der Waals surface area contributed by atoms with Crippen molar-refractivity contribution in [2.75, 3.05) is 14.2 Å². The molecule has 4 rings (SSSR count). The quantitative estimate of drug-likeness (QED) is 0.0808. The Kier molecular flexibility index (Phi) is 16.8. The van der Waals surface area contributed by atoms with Crippen molar-refractivity contribution < 1.29 is 29.0 Å². The fraction of sp³-hybridized carbons (Fsp3) is 0.455. The molecule has 2 heterocycles. The van der Waals surface area contributed by atoms with Crippen LogP contribution < -0.4 is 21.3 Å². The highest BCUT2D eigenvalue weighted by molar-refractivity contribution is 7.09. The van der Waals surface area contributed by atoms with E-state index in [2.05, 4.69) is 31.2 Å². The number of urea groups is 1. The second-order valence-electron chi connectivity index (χ2n) is 15.9. The maximum atomic E-state index is 14.2. The molecule has 0 bridgehead atoms. The lowest BCUT2D eigenvalue weighted by atomic mass is 9.85. The average molecular weight is 814 g/mol. The minimum Gasteiger partial charge on any atom is -0.453 e. The highest BCUT2D eigenvalue weighted by atomic mass is 32.1. The number of nitrogens with one attached hydrogen (secondary N) is 4. The molecule has 0 fully saturated rings. The Hall–Kier alpha value is -5.34. The molecule has 0 saturated carbocycles. The van der Waals surface area contributed by atoms with Gasteiger partial charge >= 0.3 is 12.1 Å². The van der Waals surface area contributed by atoms with Gasteiger partial charge in [0.2, 0.25) is 11.8 Å². The van der Waals surface area contributed by atoms with Gasteiger partial charge in [0.15, 0.2) is 0 Å². The van der Waals surface area contributed by atoms with Crippen LogP contribution in [0, 0.1) is 18.3 Å². The van der Waals surface area contributed by atoms with E-state index in [0.29, 0.717) is 12.8 Å². The van der Waals surface area contributed by atoms with Crippen molar-refractivity contribution >= 4 is 35.3 Å². The Morgan fingerprint density at radius 1 is 0.879 bits per heavy atom. The first-order valence-corrected chi connectivity index (χ1v) is 20.6. The molecule has 14 heteroatoms. The number of pyridine rings is 1. The number of ether oxygens (including phenoxy) is 1. The second-order valence-corrected chi connectivity index (χ2v) is 17.0. The number of thiazole rings is 1. The summed E-state index contributed by atoms with van der Waals surface area (Å²) < 4.78 is 4.83. The Morgan fingerprint density at radius 3 is 2.14 bits per heavy atom. The summed E-state index contributed by atoms with van der Waals surface area (Å²) in [5.74, 6) is -1.10. The smallest absolute Gasteiger partial charge is 0.407 e. The molecule has 0 saturated heterocycles. The summed E-state index contributed by atoms with van der Waals surface area (Å²) in [5, 5.41) is 26.7. The number of nitrogens with zero attached hydrogens (tertiary/aromatic N) is 3. The predicted octanol–water partition coefficient (Wildman–Crippen LogP) is 6.05. The molecule has 5 N–H and O–H groups in total. The zero-order chi connectivity index (χ0) is 42.4. The van der Waals surface area contributed by atoms with Crippen LogP contribution in [0.1, 0.15) is 69.3 Å². The van der Waals surface area contributed by atoms with Crippen molar-refractivity contribution in [3.05, 3.63) is 106 Å². The summed E-state index contributed by atoms with van der Waals surface area (Å²) in [6.45, 7) is 11.5. The third-order valence-electron chi connectivity index (χ3n) is 10.1. The van der Waals surface area contributed by atoms with Gasteiger partial charge in [-0.15, -0.1) is 11.3 Å². The van der Waals surface area contributed by atoms with Crippen LogP contribution in [0.5, 0.6) is 0 Å². The van der Waals surface area contributed by atoms with E-state index < -0.39 is 59.6 Å². The number of hydrogen-bond acceptors (Lipinski definition) is 9. The fourth-order valence-corrected chi connectivity index (χ4v) is 7.18. The van der Waals surface area contributed by atoms with Gasteiger partial charge in [-0.3, -0.25) is 14.6 Å². The van der Waals surface area contributed by atoms with E-state index >= 15 is 0 Å². The number of hydrogen-bond donors (Lipinski definition) is 5. The van der Waals surface area contributed by atoms with Crippen LogP contribution in [0.15, 0.2) is 84.4 Å². The highest BCUT2D eigenvalue weighted by Crippen LogP contribution is 2.23. The average Bonchev–Trinajstić information content (AvgIpc) is 3.62. The number of carbonyl (C=O) groups is 4. The van der Waals surface area contributed by atoms with E-state index in [9.17, 15) is 24.3 Å². The van der Waals surface area contributed by atoms with Crippen molar-refractivity contribution in [2.24, 2.45) is 11.3 Å². The first-order valence-electron chi connectivity index (χ1n) is 19.7. The molecular formula is C44H59N7O6S. The topological polar surface area (TPSA) is 175 Å². The zero-order valence-corrected chi connectivity index (χ0v) is 35.6. The lowest BCUT2D eigenvalue weighted by Gasteiger charge is -2.34. The Labute approximate surface area is 346 Å². The molecule has 58 heavy (non-hydrogen) atoms. The van der Waals surface area contributed by atoms with Gasteiger partial charge < -0.3 is 36.0 Å². The maximum absolute atomic E-state index is 14.2. The van der Waals surface area contributed by atoms with E-state index in [4.69, 9.17) is 4.74 Å². The molecule has 0 radical (unpaired) electrons. The number of aromatic nitrogens is 2. The summed E-state index contributed by atoms with van der Waals surface area (Å²) in [6.07, 6.45) is 1.13. The molecule has 0 spiro atoms. The third kappa shape index (κ3) is 13.7. The molecule has 0 aliphatic rings. The minimum atomic E-state index is -1.15. The molecule has 2 aromatic carbocycles. The van der Waals surface area contributed by atoms with E-state index in [1.165, 1.54) is 23.3 Å². The Bertz CT molecular complexity index is 1920. The second kappa shape index (κ2) is 21.4. The molecule has 2 aromatic heterocycles. The largest absolute Gasteiger partial charge is 0.453 e. The lowest BCUT2D eigenvalue weighted by Crippen LogP contribution is -2.58. The molecule has 4 aromatic rings. The van der Waals surface area contributed by atoms with E-state index in [1.54, 1.807) is 13.2 Å². The first-order chi connectivity index (χ1) is 27.6. The number of aryl methyl sites for hydroxylation is 1. The zero-order valence-electron chi connectivity index (χ0n) is 34.8. The standard InChI is InChI=1S/C44H59N7O6S/c1-9-28(2)38(49-42(55)51(7)26-34-27-58-29(3)46-34)40(53)48-36(24-30-15-11-10-12-16-30)37(52)25-33(47-41(54)39(44(4,5)6)50-43(56)57-8)23-31-18-20-32(21-19-31)35-17-13-14-22-45-35/h10-22,27-28,33,36-39,52H,9,23-26H2,1-8H3,(H,47,54)(H,48,53)(H,49,55)(H,50,56)/t28?,33-,36-,37-,38-,39+/m0/s1. The molecule has 0 aliphatic carbocycles. The van der Waals surface area contributed by atoms with Crippen LogP contribution in [0.3, 0.4) is 0 Å². The number of alkyl carbamates (subject to hydrolysis) is 1. The lowest BCUT2D eigenvalue weighted by molar-refractivity contribution is -0.127. The number of amides is 5. The predicted molar refractivity (Wildman–Crippen MR) is 227 cm³/mol. The monoisotopic (exact) mass is 813 g/mol. The molecule has 0 aliphatic heterocycles. The van der Waals surface area contributed by atoms with Gasteiger partial charge in [-0.1, -0.05) is 102 Å². The van der Waals surface area contributed by atoms with E-state index in [0.717, 1.165) is 33.1 Å². The Morgan fingerprint density at radius 2 is 1.55 bits per heavy atom. The third-order valence-corrected chi connectivity index (χ3v) is 10.9. The molecule has 6 atom stereocenters. The number of aliphatic hydroxyl groups excluding tert-OH is 1. The molecule has 5 amide bonds. The number of benzene rings is 2. The van der Waals surface area contributed by atoms with Crippen LogP contribution in [-0.4, -0.2) is 88.3 Å². The van der Waals surface area contributed by atoms with Gasteiger partial charge in [0.05, 0.1) is 42.2 Å². The maximum Gasteiger partial charge on any atom is 0.407 e. The highest BCUT2D eigenvalue weighted by Gasteiger charge is 2.36. The van der Waals surface area contributed by atoms with Crippen LogP contribution in [0.4, 0.5) is 9.59 Å². The van der Waals surface area contributed by atoms with Crippen molar-refractivity contribution in [1.29, 1.82) is 0 Å². The van der Waals surface area contributed by atoms with Crippen molar-refractivity contribution in [3.8, 4) is 11.3 Å². The van der Waals surface area contributed by atoms with Gasteiger partial charge in [-0.25, -0.2) is 14.6 Å². The summed E-state index contributed by atoms with van der Waals surface area (Å²) in [6, 6.07) is 19.4. The summed E-state index contributed by atoms with van der Waals surface area (Å²) in [7, 11) is 2.89. The molecular weight excluding hydrogens is 755 g/mol. The van der Waals surface area contributed by atoms with Crippen molar-refractivity contribution in [1.82, 2.24) is 36.1 Å². The van der Waals surface area contributed by atoms with Crippen LogP contribution in [0.2, 0.25) is 0 Å². The number of aliphatic hydroxyl groups is 1. The summed E-state index contributed by atoms with van der Waals surface area (Å²) >= 11 is 1.50. The molecule has 312 valence electrons. The first kappa shape index (κ1) is 45.4. The van der Waals surface area contributed by atoms with Crippen LogP contribution in [0.25, 0.3) is 11.3 Å². The SMILES string of the molecule is CCC(C)[C@H](NC(=O)N(C)Cc1csc(C)n1)C(=O)N[C@@H](Cc1ccccc1)[C@@H](O)C[C@H](Cc1ccc(-c2ccccn2)cc1)NC(=O)[C@@H](NC(=O)OC)C(C)(C)C. The van der Waals surface area contributed by atoms with Gasteiger partial charge in [-0.05, 0) is 60.8 Å². The van der Waals surface area contributed by atoms with E-state index in [1.807, 2.05) is 120 Å².